The summed E-state index contributed by atoms with van der Waals surface area (Å²) in [6.45, 7) is 9.48. The second-order valence-electron chi connectivity index (χ2n) is 10.6. The van der Waals surface area contributed by atoms with Gasteiger partial charge in [0.25, 0.3) is 0 Å². The third kappa shape index (κ3) is 3.89. The monoisotopic (exact) mass is 363 g/mol. The molecule has 0 unspecified atom stereocenters. The van der Waals surface area contributed by atoms with Crippen molar-refractivity contribution in [1.82, 2.24) is 4.57 Å². The molecule has 2 aromatic rings. The molecule has 1 heteroatoms. The zero-order valence-corrected chi connectivity index (χ0v) is 18.1. The van der Waals surface area contributed by atoms with Gasteiger partial charge in [-0.2, -0.15) is 0 Å². The fraction of sp³-hybridized carbons (Fsp3) is 0.615. The highest BCUT2D eigenvalue weighted by Crippen LogP contribution is 2.49. The molecule has 0 atom stereocenters. The largest absolute Gasteiger partial charge is 0.354 e. The molecule has 0 saturated heterocycles. The van der Waals surface area contributed by atoms with E-state index in [9.17, 15) is 0 Å². The van der Waals surface area contributed by atoms with E-state index in [4.69, 9.17) is 0 Å². The van der Waals surface area contributed by atoms with E-state index in [2.05, 4.69) is 69.8 Å². The molecule has 0 spiro atoms. The van der Waals surface area contributed by atoms with Crippen LogP contribution >= 0.6 is 0 Å². The van der Waals surface area contributed by atoms with Crippen molar-refractivity contribution in [1.29, 1.82) is 0 Å². The molecule has 2 saturated carbocycles. The second kappa shape index (κ2) is 6.83. The maximum absolute atomic E-state index is 2.50. The third-order valence-corrected chi connectivity index (χ3v) is 7.22. The quantitative estimate of drug-likeness (QED) is 0.543. The Morgan fingerprint density at radius 1 is 1.04 bits per heavy atom. The lowest BCUT2D eigenvalue weighted by atomic mass is 9.81. The van der Waals surface area contributed by atoms with E-state index < -0.39 is 0 Å². The minimum atomic E-state index is 0.189. The Labute approximate surface area is 166 Å². The van der Waals surface area contributed by atoms with E-state index >= 15 is 0 Å². The first-order valence-electron chi connectivity index (χ1n) is 11.1. The van der Waals surface area contributed by atoms with Gasteiger partial charge >= 0.3 is 0 Å². The molecule has 1 aromatic heterocycles. The Kier molecular flexibility index (Phi) is 4.77. The van der Waals surface area contributed by atoms with Gasteiger partial charge in [-0.1, -0.05) is 78.0 Å². The summed E-state index contributed by atoms with van der Waals surface area (Å²) in [5, 5.41) is 0. The van der Waals surface area contributed by atoms with Gasteiger partial charge < -0.3 is 4.57 Å². The van der Waals surface area contributed by atoms with Crippen molar-refractivity contribution in [3.63, 3.8) is 0 Å². The van der Waals surface area contributed by atoms with Crippen molar-refractivity contribution in [2.45, 2.75) is 89.9 Å². The standard InChI is InChI=1S/C26H37N/c1-25(2,3)21-16-20(17-22(18-21)26(4)12-13-26)23-11-14-27(5)24(23)15-19-9-7-6-8-10-19/h11,14,16-19H,6-10,12-13,15H2,1-5H3. The van der Waals surface area contributed by atoms with Crippen LogP contribution in [0.1, 0.15) is 89.5 Å². The fourth-order valence-corrected chi connectivity index (χ4v) is 4.78. The average molecular weight is 364 g/mol. The lowest BCUT2D eigenvalue weighted by Crippen LogP contribution is -2.14. The normalized spacial score (nSPS) is 20.0. The average Bonchev–Trinajstić information content (AvgIpc) is 3.29. The van der Waals surface area contributed by atoms with Gasteiger partial charge in [0, 0.05) is 24.5 Å². The second-order valence-corrected chi connectivity index (χ2v) is 10.6. The minimum absolute atomic E-state index is 0.189. The summed E-state index contributed by atoms with van der Waals surface area (Å²) in [5.41, 5.74) is 8.09. The maximum atomic E-state index is 2.50. The summed E-state index contributed by atoms with van der Waals surface area (Å²) in [5.74, 6) is 0.873. The first-order valence-corrected chi connectivity index (χ1v) is 11.1. The third-order valence-electron chi connectivity index (χ3n) is 7.22. The number of aryl methyl sites for hydroxylation is 1. The SMILES string of the molecule is Cn1ccc(-c2cc(C(C)(C)C)cc(C3(C)CC3)c2)c1CC1CCCCC1. The molecule has 4 rings (SSSR count). The van der Waals surface area contributed by atoms with E-state index in [0.717, 1.165) is 5.92 Å². The van der Waals surface area contributed by atoms with Crippen molar-refractivity contribution in [3.05, 3.63) is 47.3 Å². The Bertz CT molecular complexity index is 784. The van der Waals surface area contributed by atoms with Gasteiger partial charge in [0.05, 0.1) is 0 Å². The summed E-state index contributed by atoms with van der Waals surface area (Å²) in [6.07, 6.45) is 13.3. The van der Waals surface area contributed by atoms with Crippen LogP contribution in [0.25, 0.3) is 11.1 Å². The number of rotatable bonds is 4. The highest BCUT2D eigenvalue weighted by Gasteiger charge is 2.39. The zero-order chi connectivity index (χ0) is 19.2. The van der Waals surface area contributed by atoms with Crippen LogP contribution in [0.3, 0.4) is 0 Å². The lowest BCUT2D eigenvalue weighted by molar-refractivity contribution is 0.352. The molecule has 0 radical (unpaired) electrons. The first kappa shape index (κ1) is 18.8. The predicted molar refractivity (Wildman–Crippen MR) is 116 cm³/mol. The van der Waals surface area contributed by atoms with Gasteiger partial charge in [-0.3, -0.25) is 0 Å². The molecule has 1 aromatic carbocycles. The van der Waals surface area contributed by atoms with Crippen LogP contribution in [0.2, 0.25) is 0 Å². The molecule has 2 aliphatic carbocycles. The summed E-state index contributed by atoms with van der Waals surface area (Å²) < 4.78 is 2.38. The fourth-order valence-electron chi connectivity index (χ4n) is 4.78. The Morgan fingerprint density at radius 2 is 1.74 bits per heavy atom. The van der Waals surface area contributed by atoms with E-state index in [1.807, 2.05) is 0 Å². The van der Waals surface area contributed by atoms with Gasteiger partial charge in [0.1, 0.15) is 0 Å². The molecule has 1 heterocycles. The molecule has 146 valence electrons. The number of hydrogen-bond donors (Lipinski definition) is 0. The minimum Gasteiger partial charge on any atom is -0.354 e. The van der Waals surface area contributed by atoms with Crippen LogP contribution in [-0.4, -0.2) is 4.57 Å². The van der Waals surface area contributed by atoms with Gasteiger partial charge in [0.15, 0.2) is 0 Å². The van der Waals surface area contributed by atoms with Crippen LogP contribution in [0, 0.1) is 5.92 Å². The van der Waals surface area contributed by atoms with Crippen LogP contribution in [0.4, 0.5) is 0 Å². The number of nitrogens with zero attached hydrogens (tertiary/aromatic N) is 1. The lowest BCUT2D eigenvalue weighted by Gasteiger charge is -2.25. The Balaban J connectivity index is 1.74. The van der Waals surface area contributed by atoms with Gasteiger partial charge in [-0.15, -0.1) is 0 Å². The zero-order valence-electron chi connectivity index (χ0n) is 18.1. The van der Waals surface area contributed by atoms with Crippen LogP contribution < -0.4 is 0 Å². The molecule has 2 fully saturated rings. The van der Waals surface area contributed by atoms with Crippen molar-refractivity contribution in [2.75, 3.05) is 0 Å². The topological polar surface area (TPSA) is 4.93 Å². The molecular formula is C26H37N. The van der Waals surface area contributed by atoms with Gasteiger partial charge in [0.2, 0.25) is 0 Å². The summed E-state index contributed by atoms with van der Waals surface area (Å²) in [6, 6.07) is 9.82. The smallest absolute Gasteiger partial charge is 0.0253 e. The van der Waals surface area contributed by atoms with Crippen molar-refractivity contribution in [2.24, 2.45) is 13.0 Å². The van der Waals surface area contributed by atoms with Gasteiger partial charge in [-0.05, 0) is 58.8 Å². The molecule has 2 aliphatic rings. The molecule has 1 nitrogen and oxygen atoms in total. The van der Waals surface area contributed by atoms with E-state index in [-0.39, 0.29) is 5.41 Å². The van der Waals surface area contributed by atoms with E-state index in [1.54, 1.807) is 11.3 Å². The van der Waals surface area contributed by atoms with Crippen LogP contribution in [-0.2, 0) is 24.3 Å². The van der Waals surface area contributed by atoms with Crippen LogP contribution in [0.15, 0.2) is 30.5 Å². The first-order chi connectivity index (χ1) is 12.8. The number of benzene rings is 1. The summed E-state index contributed by atoms with van der Waals surface area (Å²) in [7, 11) is 2.23. The highest BCUT2D eigenvalue weighted by atomic mass is 14.9. The molecule has 27 heavy (non-hydrogen) atoms. The maximum Gasteiger partial charge on any atom is 0.0253 e. The van der Waals surface area contributed by atoms with Crippen molar-refractivity contribution >= 4 is 0 Å². The number of aromatic nitrogens is 1. The van der Waals surface area contributed by atoms with Crippen molar-refractivity contribution < 1.29 is 0 Å². The molecule has 0 amide bonds. The Morgan fingerprint density at radius 3 is 2.37 bits per heavy atom. The summed E-state index contributed by atoms with van der Waals surface area (Å²) >= 11 is 0. The highest BCUT2D eigenvalue weighted by molar-refractivity contribution is 5.69. The van der Waals surface area contributed by atoms with E-state index in [0.29, 0.717) is 5.41 Å². The summed E-state index contributed by atoms with van der Waals surface area (Å²) in [4.78, 5) is 0. The molecule has 0 bridgehead atoms. The molecular weight excluding hydrogens is 326 g/mol. The van der Waals surface area contributed by atoms with Crippen molar-refractivity contribution in [3.8, 4) is 11.1 Å². The Hall–Kier alpha value is -1.50. The number of hydrogen-bond acceptors (Lipinski definition) is 0. The van der Waals surface area contributed by atoms with E-state index in [1.165, 1.54) is 68.1 Å². The molecule has 0 N–H and O–H groups in total. The van der Waals surface area contributed by atoms with Crippen LogP contribution in [0.5, 0.6) is 0 Å². The predicted octanol–water partition coefficient (Wildman–Crippen LogP) is 7.16. The molecule has 0 aliphatic heterocycles. The van der Waals surface area contributed by atoms with Gasteiger partial charge in [-0.25, -0.2) is 0 Å².